The van der Waals surface area contributed by atoms with Crippen molar-refractivity contribution >= 4 is 21.1 Å². The predicted molar refractivity (Wildman–Crippen MR) is 41.9 cm³/mol. The Morgan fingerprint density at radius 3 is 1.13 bits per heavy atom. The molecule has 10 nitrogen and oxygen atoms in total. The average molecular weight is 260 g/mol. The van der Waals surface area contributed by atoms with E-state index in [0.717, 1.165) is 6.92 Å². The largest absolute Gasteiger partial charge is 1.00 e. The number of aliphatic carboxylic acids is 1. The van der Waals surface area contributed by atoms with Crippen molar-refractivity contribution in [3.05, 3.63) is 0 Å². The molecule has 0 rings (SSSR count). The molecule has 8 N–H and O–H groups in total. The van der Waals surface area contributed by atoms with Gasteiger partial charge in [-0.15, -0.1) is 0 Å². The Morgan fingerprint density at radius 2 is 1.13 bits per heavy atom. The molecule has 0 unspecified atom stereocenters. The fraction of sp³-hybridized carbons (Fsp3) is 0.500. The normalized spacial score (nSPS) is 7.40. The summed E-state index contributed by atoms with van der Waals surface area (Å²) in [7, 11) is -6.81. The van der Waals surface area contributed by atoms with Gasteiger partial charge in [-0.25, -0.2) is 4.57 Å². The van der Waals surface area contributed by atoms with Gasteiger partial charge < -0.3 is 40.3 Å². The summed E-state index contributed by atoms with van der Waals surface area (Å²) >= 11 is 0. The first kappa shape index (κ1) is 29.6. The standard InChI is InChI=1S/C2H4O2.BH3O3.Na.H3O4P.H2O/c1-2(3)4;2-1(3)4;;1-5(2,3)4;/h1H3,(H,3,4);2-4H;;(H3,1,2,3,4);1H2/q;;+1;;/p-1. The van der Waals surface area contributed by atoms with Crippen LogP contribution in [0.25, 0.3) is 0 Å². The number of hydrogen-bond acceptors (Lipinski definition) is 6. The molecule has 0 aliphatic rings. The van der Waals surface area contributed by atoms with Crippen LogP contribution in [0, 0.1) is 0 Å². The zero-order valence-electron chi connectivity index (χ0n) is 7.92. The van der Waals surface area contributed by atoms with Crippen LogP contribution in [0.2, 0.25) is 0 Å². The van der Waals surface area contributed by atoms with Gasteiger partial charge in [-0.05, 0) is 0 Å². The third-order valence-corrected chi connectivity index (χ3v) is 0. The molecule has 0 bridgehead atoms. The van der Waals surface area contributed by atoms with Crippen LogP contribution >= 0.6 is 7.82 Å². The SMILES string of the molecule is CC(=O)O.O=P(O)(O)O.OB(O)O.[Na+].[OH-]. The van der Waals surface area contributed by atoms with E-state index in [1.54, 1.807) is 0 Å². The van der Waals surface area contributed by atoms with Crippen LogP contribution in [0.4, 0.5) is 0 Å². The molecule has 0 saturated carbocycles. The van der Waals surface area contributed by atoms with E-state index in [1.807, 2.05) is 0 Å². The zero-order chi connectivity index (χ0) is 11.7. The molecule has 0 fully saturated rings. The Hall–Kier alpha value is 0.485. The number of carboxylic acid groups (broad SMARTS) is 1. The van der Waals surface area contributed by atoms with Crippen LogP contribution in [0.3, 0.4) is 0 Å². The summed E-state index contributed by atoms with van der Waals surface area (Å²) in [5.74, 6) is -0.833. The van der Waals surface area contributed by atoms with E-state index < -0.39 is 21.1 Å². The smallest absolute Gasteiger partial charge is 0.870 e. The topological polar surface area (TPSA) is 206 Å². The maximum Gasteiger partial charge on any atom is 1.00 e. The number of hydrogen-bond donors (Lipinski definition) is 7. The molecule has 15 heavy (non-hydrogen) atoms. The Bertz CT molecular complexity index is 152. The van der Waals surface area contributed by atoms with Crippen molar-refractivity contribution in [3.63, 3.8) is 0 Å². The van der Waals surface area contributed by atoms with Crippen LogP contribution in [-0.4, -0.2) is 53.6 Å². The fourth-order valence-corrected chi connectivity index (χ4v) is 0. The predicted octanol–water partition coefficient (Wildman–Crippen LogP) is -6.06. The van der Waals surface area contributed by atoms with Crippen molar-refractivity contribution in [2.45, 2.75) is 6.92 Å². The van der Waals surface area contributed by atoms with E-state index in [9.17, 15) is 0 Å². The van der Waals surface area contributed by atoms with Gasteiger partial charge in [-0.2, -0.15) is 0 Å². The van der Waals surface area contributed by atoms with E-state index in [1.165, 1.54) is 0 Å². The number of rotatable bonds is 0. The van der Waals surface area contributed by atoms with Crippen molar-refractivity contribution in [2.75, 3.05) is 0 Å². The molecule has 13 heteroatoms. The number of carbonyl (C=O) groups is 1. The molecule has 0 aromatic rings. The van der Waals surface area contributed by atoms with Crippen LogP contribution in [0.1, 0.15) is 6.92 Å². The summed E-state index contributed by atoms with van der Waals surface area (Å²) < 4.78 is 8.88. The molecule has 0 aliphatic heterocycles. The summed E-state index contributed by atoms with van der Waals surface area (Å²) in [6.07, 6.45) is 0. The molecular weight excluding hydrogens is 249 g/mol. The third-order valence-electron chi connectivity index (χ3n) is 0. The summed E-state index contributed by atoms with van der Waals surface area (Å²) in [6.45, 7) is 1.08. The molecule has 0 atom stereocenters. The van der Waals surface area contributed by atoms with E-state index >= 15 is 0 Å². The minimum atomic E-state index is -4.64. The van der Waals surface area contributed by atoms with Gasteiger partial charge in [0.1, 0.15) is 0 Å². The zero-order valence-corrected chi connectivity index (χ0v) is 10.8. The maximum atomic E-state index is 9.00. The van der Waals surface area contributed by atoms with Crippen LogP contribution in [0.5, 0.6) is 0 Å². The van der Waals surface area contributed by atoms with Gasteiger partial charge in [0.15, 0.2) is 0 Å². The van der Waals surface area contributed by atoms with Crippen molar-refractivity contribution in [2.24, 2.45) is 0 Å². The van der Waals surface area contributed by atoms with Gasteiger partial charge in [0.2, 0.25) is 0 Å². The molecule has 0 amide bonds. The second-order valence-corrected chi connectivity index (χ2v) is 2.41. The maximum absolute atomic E-state index is 9.00. The van der Waals surface area contributed by atoms with Crippen molar-refractivity contribution in [3.8, 4) is 0 Å². The van der Waals surface area contributed by atoms with E-state index in [2.05, 4.69) is 0 Å². The summed E-state index contributed by atoms with van der Waals surface area (Å²) in [5, 5.41) is 28.9. The Morgan fingerprint density at radius 1 is 1.13 bits per heavy atom. The minimum absolute atomic E-state index is 0. The second-order valence-electron chi connectivity index (χ2n) is 1.38. The van der Waals surface area contributed by atoms with Gasteiger partial charge in [0.25, 0.3) is 5.97 Å². The molecule has 88 valence electrons. The average Bonchev–Trinajstić information content (AvgIpc) is 1.50. The van der Waals surface area contributed by atoms with Crippen LogP contribution in [-0.2, 0) is 9.36 Å². The molecule has 0 heterocycles. The Kier molecular flexibility index (Phi) is 33.3. The van der Waals surface area contributed by atoms with Crippen LogP contribution < -0.4 is 29.6 Å². The second kappa shape index (κ2) is 16.9. The summed E-state index contributed by atoms with van der Waals surface area (Å²) in [5.41, 5.74) is 0. The monoisotopic (exact) mass is 260 g/mol. The molecule has 0 spiro atoms. The molecule has 0 aliphatic carbocycles. The number of phosphoric acid groups is 1. The van der Waals surface area contributed by atoms with Gasteiger partial charge in [0.05, 0.1) is 0 Å². The quantitative estimate of drug-likeness (QED) is 0.162. The molecular formula is C2H11BNaO10P. The first-order valence-corrected chi connectivity index (χ1v) is 4.05. The van der Waals surface area contributed by atoms with Crippen molar-refractivity contribution in [1.82, 2.24) is 0 Å². The van der Waals surface area contributed by atoms with E-state index in [-0.39, 0.29) is 35.0 Å². The Balaban J connectivity index is -0.0000000315. The van der Waals surface area contributed by atoms with Crippen molar-refractivity contribution < 1.29 is 79.3 Å². The van der Waals surface area contributed by atoms with Gasteiger partial charge in [-0.1, -0.05) is 0 Å². The van der Waals surface area contributed by atoms with E-state index in [0.29, 0.717) is 0 Å². The van der Waals surface area contributed by atoms with Crippen molar-refractivity contribution in [1.29, 1.82) is 0 Å². The van der Waals surface area contributed by atoms with Gasteiger partial charge in [-0.3, -0.25) is 4.79 Å². The van der Waals surface area contributed by atoms with E-state index in [4.69, 9.17) is 44.2 Å². The fourth-order valence-electron chi connectivity index (χ4n) is 0. The molecule has 0 aromatic carbocycles. The first-order chi connectivity index (χ1) is 5.46. The van der Waals surface area contributed by atoms with Gasteiger partial charge in [0, 0.05) is 6.92 Å². The molecule has 0 saturated heterocycles. The number of carboxylic acids is 1. The van der Waals surface area contributed by atoms with Crippen LogP contribution in [0.15, 0.2) is 0 Å². The Labute approximate surface area is 107 Å². The molecule has 0 radical (unpaired) electrons. The van der Waals surface area contributed by atoms with Gasteiger partial charge >= 0.3 is 44.7 Å². The first-order valence-electron chi connectivity index (χ1n) is 2.48. The summed E-state index contributed by atoms with van der Waals surface area (Å²) in [4.78, 5) is 30.6. The third kappa shape index (κ3) is 9600. The summed E-state index contributed by atoms with van der Waals surface area (Å²) in [6, 6.07) is 0. The minimum Gasteiger partial charge on any atom is -0.870 e. The molecule has 0 aromatic heterocycles.